The van der Waals surface area contributed by atoms with Crippen LogP contribution >= 0.6 is 0 Å². The van der Waals surface area contributed by atoms with E-state index in [-0.39, 0.29) is 11.9 Å². The molecule has 122 valence electrons. The third kappa shape index (κ3) is 11.0. The fourth-order valence-corrected chi connectivity index (χ4v) is 2.14. The van der Waals surface area contributed by atoms with Crippen LogP contribution in [-0.2, 0) is 23.9 Å². The van der Waals surface area contributed by atoms with Gasteiger partial charge in [-0.3, -0.25) is 14.4 Å². The molecule has 0 radical (unpaired) electrons. The Morgan fingerprint density at radius 2 is 1.57 bits per heavy atom. The minimum Gasteiger partial charge on any atom is -0.466 e. The Bertz CT molecular complexity index is 325. The van der Waals surface area contributed by atoms with Crippen molar-refractivity contribution in [1.82, 2.24) is 0 Å². The van der Waals surface area contributed by atoms with Crippen LogP contribution in [0.5, 0.6) is 0 Å². The van der Waals surface area contributed by atoms with Gasteiger partial charge in [0.1, 0.15) is 0 Å². The van der Waals surface area contributed by atoms with E-state index in [1.165, 1.54) is 6.92 Å². The van der Waals surface area contributed by atoms with E-state index >= 15 is 0 Å². The third-order valence-electron chi connectivity index (χ3n) is 3.31. The van der Waals surface area contributed by atoms with Crippen LogP contribution in [0.3, 0.4) is 0 Å². The highest BCUT2D eigenvalue weighted by molar-refractivity contribution is 5.85. The normalized spacial score (nSPS) is 11.8. The minimum atomic E-state index is -0.544. The van der Waals surface area contributed by atoms with Gasteiger partial charge in [0.25, 0.3) is 0 Å². The Balaban J connectivity index is 3.62. The summed E-state index contributed by atoms with van der Waals surface area (Å²) >= 11 is 0. The molecule has 0 bridgehead atoms. The van der Waals surface area contributed by atoms with Gasteiger partial charge >= 0.3 is 17.9 Å². The summed E-state index contributed by atoms with van der Waals surface area (Å²) in [6, 6.07) is 0. The second kappa shape index (κ2) is 12.4. The Hall–Kier alpha value is -1.39. The van der Waals surface area contributed by atoms with Gasteiger partial charge in [-0.1, -0.05) is 32.6 Å². The highest BCUT2D eigenvalue weighted by atomic mass is 16.6. The molecule has 5 nitrogen and oxygen atoms in total. The standard InChI is InChI=1S/C16H28O5/c1-4-14(16(19)21-13(3)17)11-9-7-6-8-10-12-15(18)20-5-2/h14H,4-12H2,1-3H3. The van der Waals surface area contributed by atoms with Crippen molar-refractivity contribution in [2.45, 2.75) is 72.1 Å². The van der Waals surface area contributed by atoms with Crippen molar-refractivity contribution in [1.29, 1.82) is 0 Å². The zero-order valence-electron chi connectivity index (χ0n) is 13.5. The van der Waals surface area contributed by atoms with E-state index in [0.717, 1.165) is 38.5 Å². The summed E-state index contributed by atoms with van der Waals surface area (Å²) in [6.07, 6.45) is 6.76. The quantitative estimate of drug-likeness (QED) is 0.332. The van der Waals surface area contributed by atoms with Crippen molar-refractivity contribution in [3.8, 4) is 0 Å². The van der Waals surface area contributed by atoms with Crippen LogP contribution in [0.15, 0.2) is 0 Å². The molecule has 0 aromatic heterocycles. The molecule has 5 heteroatoms. The average molecular weight is 300 g/mol. The Morgan fingerprint density at radius 3 is 2.14 bits per heavy atom. The summed E-state index contributed by atoms with van der Waals surface area (Å²) in [5.74, 6) is -1.27. The smallest absolute Gasteiger partial charge is 0.316 e. The van der Waals surface area contributed by atoms with Gasteiger partial charge in [-0.2, -0.15) is 0 Å². The van der Waals surface area contributed by atoms with Gasteiger partial charge in [0, 0.05) is 13.3 Å². The first kappa shape index (κ1) is 19.6. The van der Waals surface area contributed by atoms with Crippen molar-refractivity contribution < 1.29 is 23.9 Å². The number of unbranched alkanes of at least 4 members (excludes halogenated alkanes) is 4. The lowest BCUT2D eigenvalue weighted by atomic mass is 9.98. The predicted molar refractivity (Wildman–Crippen MR) is 79.5 cm³/mol. The topological polar surface area (TPSA) is 69.7 Å². The van der Waals surface area contributed by atoms with Gasteiger partial charge in [0.05, 0.1) is 12.5 Å². The number of rotatable bonds is 11. The third-order valence-corrected chi connectivity index (χ3v) is 3.31. The van der Waals surface area contributed by atoms with Gasteiger partial charge in [0.2, 0.25) is 0 Å². The summed E-state index contributed by atoms with van der Waals surface area (Å²) in [6.45, 7) is 5.41. The number of hydrogen-bond donors (Lipinski definition) is 0. The van der Waals surface area contributed by atoms with Crippen LogP contribution in [0.1, 0.15) is 72.1 Å². The first-order chi connectivity index (χ1) is 10.0. The van der Waals surface area contributed by atoms with Crippen molar-refractivity contribution in [3.63, 3.8) is 0 Å². The van der Waals surface area contributed by atoms with Crippen LogP contribution in [0.25, 0.3) is 0 Å². The van der Waals surface area contributed by atoms with Crippen molar-refractivity contribution >= 4 is 17.9 Å². The molecule has 1 unspecified atom stereocenters. The van der Waals surface area contributed by atoms with Gasteiger partial charge in [-0.05, 0) is 26.2 Å². The molecule has 0 aromatic carbocycles. The fraction of sp³-hybridized carbons (Fsp3) is 0.812. The van der Waals surface area contributed by atoms with E-state index in [1.54, 1.807) is 6.92 Å². The van der Waals surface area contributed by atoms with Crippen LogP contribution in [0, 0.1) is 5.92 Å². The maximum atomic E-state index is 11.6. The molecule has 0 fully saturated rings. The highest BCUT2D eigenvalue weighted by Crippen LogP contribution is 2.16. The van der Waals surface area contributed by atoms with E-state index in [0.29, 0.717) is 19.4 Å². The second-order valence-electron chi connectivity index (χ2n) is 5.13. The molecular weight excluding hydrogens is 272 g/mol. The lowest BCUT2D eigenvalue weighted by Crippen LogP contribution is -2.19. The Morgan fingerprint density at radius 1 is 0.952 bits per heavy atom. The van der Waals surface area contributed by atoms with E-state index in [1.807, 2.05) is 6.92 Å². The second-order valence-corrected chi connectivity index (χ2v) is 5.13. The molecule has 0 aliphatic heterocycles. The molecular formula is C16H28O5. The molecule has 0 aliphatic rings. The summed E-state index contributed by atoms with van der Waals surface area (Å²) in [7, 11) is 0. The number of carbonyl (C=O) groups excluding carboxylic acids is 3. The monoisotopic (exact) mass is 300 g/mol. The molecule has 0 rings (SSSR count). The van der Waals surface area contributed by atoms with Crippen LogP contribution < -0.4 is 0 Å². The van der Waals surface area contributed by atoms with E-state index in [9.17, 15) is 14.4 Å². The average Bonchev–Trinajstić information content (AvgIpc) is 2.41. The first-order valence-corrected chi connectivity index (χ1v) is 7.89. The molecule has 21 heavy (non-hydrogen) atoms. The number of ether oxygens (including phenoxy) is 2. The Labute approximate surface area is 127 Å². The van der Waals surface area contributed by atoms with Crippen molar-refractivity contribution in [3.05, 3.63) is 0 Å². The van der Waals surface area contributed by atoms with Crippen LogP contribution in [0.2, 0.25) is 0 Å². The van der Waals surface area contributed by atoms with E-state index in [2.05, 4.69) is 4.74 Å². The highest BCUT2D eigenvalue weighted by Gasteiger charge is 2.18. The van der Waals surface area contributed by atoms with Crippen molar-refractivity contribution in [2.75, 3.05) is 6.61 Å². The van der Waals surface area contributed by atoms with Crippen molar-refractivity contribution in [2.24, 2.45) is 5.92 Å². The van der Waals surface area contributed by atoms with Gasteiger partial charge in [-0.15, -0.1) is 0 Å². The van der Waals surface area contributed by atoms with Gasteiger partial charge < -0.3 is 9.47 Å². The largest absolute Gasteiger partial charge is 0.466 e. The summed E-state index contributed by atoms with van der Waals surface area (Å²) in [5.41, 5.74) is 0. The lowest BCUT2D eigenvalue weighted by Gasteiger charge is -2.12. The molecule has 0 heterocycles. The van der Waals surface area contributed by atoms with E-state index < -0.39 is 11.9 Å². The molecule has 0 amide bonds. The molecule has 0 aliphatic carbocycles. The molecule has 0 aromatic rings. The first-order valence-electron chi connectivity index (χ1n) is 7.89. The molecule has 0 saturated carbocycles. The lowest BCUT2D eigenvalue weighted by molar-refractivity contribution is -0.161. The SMILES string of the molecule is CCOC(=O)CCCCCCCC(CC)C(=O)OC(C)=O. The summed E-state index contributed by atoms with van der Waals surface area (Å²) in [5, 5.41) is 0. The minimum absolute atomic E-state index is 0.129. The number of esters is 3. The maximum Gasteiger partial charge on any atom is 0.316 e. The molecule has 0 saturated heterocycles. The zero-order valence-corrected chi connectivity index (χ0v) is 13.5. The Kier molecular flexibility index (Phi) is 11.5. The van der Waals surface area contributed by atoms with Gasteiger partial charge in [0.15, 0.2) is 0 Å². The van der Waals surface area contributed by atoms with Gasteiger partial charge in [-0.25, -0.2) is 0 Å². The number of carbonyl (C=O) groups is 3. The van der Waals surface area contributed by atoms with Crippen LogP contribution in [-0.4, -0.2) is 24.5 Å². The summed E-state index contributed by atoms with van der Waals surface area (Å²) in [4.78, 5) is 33.5. The van der Waals surface area contributed by atoms with E-state index in [4.69, 9.17) is 4.74 Å². The molecule has 0 N–H and O–H groups in total. The molecule has 0 spiro atoms. The maximum absolute atomic E-state index is 11.6. The van der Waals surface area contributed by atoms with Crippen LogP contribution in [0.4, 0.5) is 0 Å². The molecule has 1 atom stereocenters. The zero-order chi connectivity index (χ0) is 16.1. The fourth-order valence-electron chi connectivity index (χ4n) is 2.14. The number of hydrogen-bond acceptors (Lipinski definition) is 5. The summed E-state index contributed by atoms with van der Waals surface area (Å²) < 4.78 is 9.47. The predicted octanol–water partition coefficient (Wildman–Crippen LogP) is 3.40.